The Kier molecular flexibility index (Phi) is 5.13. The lowest BCUT2D eigenvalue weighted by Crippen LogP contribution is -2.09. The normalized spacial score (nSPS) is 10.2. The highest BCUT2D eigenvalue weighted by molar-refractivity contribution is 5.24. The molecule has 2 rings (SSSR count). The fraction of sp³-hybridized carbons (Fsp3) is 0.400. The van der Waals surface area contributed by atoms with E-state index in [1.165, 1.54) is 0 Å². The fourth-order valence-electron chi connectivity index (χ4n) is 2.00. The van der Waals surface area contributed by atoms with Crippen molar-refractivity contribution < 1.29 is 4.74 Å². The van der Waals surface area contributed by atoms with Gasteiger partial charge in [0.1, 0.15) is 11.8 Å². The van der Waals surface area contributed by atoms with E-state index in [0.29, 0.717) is 12.3 Å². The number of para-hydroxylation sites is 1. The minimum absolute atomic E-state index is 0.441. The Morgan fingerprint density at radius 3 is 2.80 bits per heavy atom. The summed E-state index contributed by atoms with van der Waals surface area (Å²) in [6.45, 7) is 3.42. The number of hydrogen-bond donors (Lipinski definition) is 0. The standard InChI is InChI=1S/C15H18N4O/c1-2-7-15-14(12-16)17-18-19(15)10-6-11-20-13-8-4-3-5-9-13/h3-5,8-9H,2,6-7,10-11H2,1H3. The number of benzene rings is 1. The summed E-state index contributed by atoms with van der Waals surface area (Å²) in [5, 5.41) is 16.9. The van der Waals surface area contributed by atoms with Gasteiger partial charge in [-0.05, 0) is 18.6 Å². The van der Waals surface area contributed by atoms with E-state index in [-0.39, 0.29) is 0 Å². The van der Waals surface area contributed by atoms with Gasteiger partial charge in [0.15, 0.2) is 5.69 Å². The molecule has 0 N–H and O–H groups in total. The number of aromatic nitrogens is 3. The summed E-state index contributed by atoms with van der Waals surface area (Å²) in [5.74, 6) is 0.873. The van der Waals surface area contributed by atoms with Gasteiger partial charge < -0.3 is 4.74 Å². The molecule has 0 fully saturated rings. The number of ether oxygens (including phenoxy) is 1. The molecule has 0 radical (unpaired) electrons. The summed E-state index contributed by atoms with van der Waals surface area (Å²) in [4.78, 5) is 0. The Hall–Kier alpha value is -2.35. The zero-order valence-electron chi connectivity index (χ0n) is 11.6. The molecule has 5 heteroatoms. The van der Waals surface area contributed by atoms with Crippen molar-refractivity contribution in [1.29, 1.82) is 5.26 Å². The molecule has 5 nitrogen and oxygen atoms in total. The summed E-state index contributed by atoms with van der Waals surface area (Å²) in [5.41, 5.74) is 1.37. The van der Waals surface area contributed by atoms with Crippen LogP contribution in [0.25, 0.3) is 0 Å². The van der Waals surface area contributed by atoms with Crippen LogP contribution in [-0.4, -0.2) is 21.6 Å². The number of nitrogens with zero attached hydrogens (tertiary/aromatic N) is 4. The van der Waals surface area contributed by atoms with Crippen molar-refractivity contribution in [2.75, 3.05) is 6.61 Å². The maximum absolute atomic E-state index is 8.99. The Bertz CT molecular complexity index is 571. The van der Waals surface area contributed by atoms with Gasteiger partial charge in [-0.15, -0.1) is 5.10 Å². The molecule has 0 aliphatic heterocycles. The fourth-order valence-corrected chi connectivity index (χ4v) is 2.00. The summed E-state index contributed by atoms with van der Waals surface area (Å²) < 4.78 is 7.45. The van der Waals surface area contributed by atoms with Crippen LogP contribution in [0.3, 0.4) is 0 Å². The number of hydrogen-bond acceptors (Lipinski definition) is 4. The van der Waals surface area contributed by atoms with Crippen molar-refractivity contribution in [2.45, 2.75) is 32.7 Å². The summed E-state index contributed by atoms with van der Waals surface area (Å²) in [6.07, 6.45) is 2.64. The van der Waals surface area contributed by atoms with Crippen LogP contribution in [0.15, 0.2) is 30.3 Å². The number of aryl methyl sites for hydroxylation is 1. The lowest BCUT2D eigenvalue weighted by Gasteiger charge is -2.07. The molecule has 0 aliphatic carbocycles. The molecule has 2 aromatic rings. The van der Waals surface area contributed by atoms with Gasteiger partial charge >= 0.3 is 0 Å². The molecule has 0 bridgehead atoms. The number of rotatable bonds is 7. The third kappa shape index (κ3) is 3.58. The molecule has 1 aromatic heterocycles. The van der Waals surface area contributed by atoms with Crippen molar-refractivity contribution in [1.82, 2.24) is 15.0 Å². The minimum atomic E-state index is 0.441. The largest absolute Gasteiger partial charge is 0.494 e. The predicted octanol–water partition coefficient (Wildman–Crippen LogP) is 2.57. The molecule has 0 amide bonds. The SMILES string of the molecule is CCCc1c(C#N)nnn1CCCOc1ccccc1. The molecule has 104 valence electrons. The molecule has 20 heavy (non-hydrogen) atoms. The van der Waals surface area contributed by atoms with E-state index in [0.717, 1.165) is 37.3 Å². The van der Waals surface area contributed by atoms with E-state index in [4.69, 9.17) is 10.00 Å². The average molecular weight is 270 g/mol. The van der Waals surface area contributed by atoms with Gasteiger partial charge in [-0.25, -0.2) is 4.68 Å². The van der Waals surface area contributed by atoms with Crippen LogP contribution < -0.4 is 4.74 Å². The smallest absolute Gasteiger partial charge is 0.185 e. The molecule has 0 aliphatic rings. The van der Waals surface area contributed by atoms with Crippen molar-refractivity contribution in [3.05, 3.63) is 41.7 Å². The highest BCUT2D eigenvalue weighted by Gasteiger charge is 2.10. The first-order chi connectivity index (χ1) is 9.85. The van der Waals surface area contributed by atoms with E-state index >= 15 is 0 Å². The first-order valence-corrected chi connectivity index (χ1v) is 6.85. The molecule has 0 atom stereocenters. The van der Waals surface area contributed by atoms with Gasteiger partial charge in [-0.2, -0.15) is 5.26 Å². The Labute approximate surface area is 118 Å². The molecule has 0 unspecified atom stereocenters. The van der Waals surface area contributed by atoms with Crippen LogP contribution in [0.1, 0.15) is 31.2 Å². The lowest BCUT2D eigenvalue weighted by atomic mass is 10.2. The second kappa shape index (κ2) is 7.29. The van der Waals surface area contributed by atoms with Crippen LogP contribution in [-0.2, 0) is 13.0 Å². The molecule has 0 saturated carbocycles. The molecular weight excluding hydrogens is 252 g/mol. The van der Waals surface area contributed by atoms with E-state index in [1.54, 1.807) is 0 Å². The minimum Gasteiger partial charge on any atom is -0.494 e. The lowest BCUT2D eigenvalue weighted by molar-refractivity contribution is 0.297. The van der Waals surface area contributed by atoms with Crippen molar-refractivity contribution in [3.8, 4) is 11.8 Å². The molecule has 1 aromatic carbocycles. The Morgan fingerprint density at radius 2 is 2.10 bits per heavy atom. The van der Waals surface area contributed by atoms with Crippen LogP contribution in [0.5, 0.6) is 5.75 Å². The van der Waals surface area contributed by atoms with Gasteiger partial charge in [0.25, 0.3) is 0 Å². The Morgan fingerprint density at radius 1 is 1.30 bits per heavy atom. The van der Waals surface area contributed by atoms with Gasteiger partial charge in [0.05, 0.1) is 12.3 Å². The highest BCUT2D eigenvalue weighted by atomic mass is 16.5. The second-order valence-corrected chi connectivity index (χ2v) is 4.48. The second-order valence-electron chi connectivity index (χ2n) is 4.48. The van der Waals surface area contributed by atoms with Gasteiger partial charge in [-0.1, -0.05) is 36.8 Å². The highest BCUT2D eigenvalue weighted by Crippen LogP contribution is 2.10. The molecular formula is C15H18N4O. The van der Waals surface area contributed by atoms with E-state index < -0.39 is 0 Å². The van der Waals surface area contributed by atoms with Gasteiger partial charge in [-0.3, -0.25) is 0 Å². The number of nitriles is 1. The average Bonchev–Trinajstić information content (AvgIpc) is 2.87. The topological polar surface area (TPSA) is 63.7 Å². The zero-order chi connectivity index (χ0) is 14.2. The molecule has 0 spiro atoms. The zero-order valence-corrected chi connectivity index (χ0v) is 11.6. The van der Waals surface area contributed by atoms with Crippen LogP contribution >= 0.6 is 0 Å². The van der Waals surface area contributed by atoms with E-state index in [9.17, 15) is 0 Å². The first-order valence-electron chi connectivity index (χ1n) is 6.85. The maximum atomic E-state index is 8.99. The molecule has 1 heterocycles. The van der Waals surface area contributed by atoms with E-state index in [1.807, 2.05) is 35.0 Å². The van der Waals surface area contributed by atoms with E-state index in [2.05, 4.69) is 23.3 Å². The van der Waals surface area contributed by atoms with Crippen LogP contribution in [0.2, 0.25) is 0 Å². The summed E-state index contributed by atoms with van der Waals surface area (Å²) >= 11 is 0. The summed E-state index contributed by atoms with van der Waals surface area (Å²) in [6, 6.07) is 11.8. The van der Waals surface area contributed by atoms with Crippen LogP contribution in [0, 0.1) is 11.3 Å². The Balaban J connectivity index is 1.85. The third-order valence-electron chi connectivity index (χ3n) is 2.96. The monoisotopic (exact) mass is 270 g/mol. The maximum Gasteiger partial charge on any atom is 0.185 e. The third-order valence-corrected chi connectivity index (χ3v) is 2.96. The predicted molar refractivity (Wildman–Crippen MR) is 75.3 cm³/mol. The van der Waals surface area contributed by atoms with Crippen molar-refractivity contribution in [2.24, 2.45) is 0 Å². The first kappa shape index (κ1) is 14.1. The van der Waals surface area contributed by atoms with Crippen molar-refractivity contribution in [3.63, 3.8) is 0 Å². The van der Waals surface area contributed by atoms with Gasteiger partial charge in [0, 0.05) is 13.0 Å². The summed E-state index contributed by atoms with van der Waals surface area (Å²) in [7, 11) is 0. The van der Waals surface area contributed by atoms with Gasteiger partial charge in [0.2, 0.25) is 0 Å². The van der Waals surface area contributed by atoms with Crippen molar-refractivity contribution >= 4 is 0 Å². The quantitative estimate of drug-likeness (QED) is 0.725. The molecule has 0 saturated heterocycles. The van der Waals surface area contributed by atoms with Crippen LogP contribution in [0.4, 0.5) is 0 Å².